The minimum Gasteiger partial charge on any atom is -0.467 e. The van der Waals surface area contributed by atoms with Gasteiger partial charge in [0.2, 0.25) is 0 Å². The van der Waals surface area contributed by atoms with Crippen LogP contribution in [-0.4, -0.2) is 19.8 Å². The topological polar surface area (TPSA) is 54.9 Å². The highest BCUT2D eigenvalue weighted by molar-refractivity contribution is 14.0. The van der Waals surface area contributed by atoms with Crippen molar-refractivity contribution in [2.45, 2.75) is 19.7 Å². The number of halogens is 2. The SMILES string of the molecule is CN=C(NCc1ccccc1)NCc1cc(F)cc2c1OCOC2.I. The molecule has 1 aliphatic rings. The summed E-state index contributed by atoms with van der Waals surface area (Å²) in [5.41, 5.74) is 2.63. The molecule has 0 atom stereocenters. The van der Waals surface area contributed by atoms with Gasteiger partial charge in [-0.1, -0.05) is 30.3 Å². The Morgan fingerprint density at radius 1 is 1.16 bits per heavy atom. The first-order chi connectivity index (χ1) is 11.8. The molecule has 7 heteroatoms. The Labute approximate surface area is 163 Å². The van der Waals surface area contributed by atoms with Crippen LogP contribution in [0, 0.1) is 5.82 Å². The van der Waals surface area contributed by atoms with E-state index in [-0.39, 0.29) is 36.6 Å². The van der Waals surface area contributed by atoms with Crippen LogP contribution in [0.25, 0.3) is 0 Å². The zero-order valence-corrected chi connectivity index (χ0v) is 16.3. The summed E-state index contributed by atoms with van der Waals surface area (Å²) in [6.07, 6.45) is 0. The third-order valence-electron chi connectivity index (χ3n) is 3.72. The molecule has 134 valence electrons. The molecule has 0 saturated heterocycles. The maximum Gasteiger partial charge on any atom is 0.191 e. The van der Waals surface area contributed by atoms with Crippen LogP contribution in [0.2, 0.25) is 0 Å². The zero-order valence-electron chi connectivity index (χ0n) is 13.9. The van der Waals surface area contributed by atoms with Gasteiger partial charge in [0.25, 0.3) is 0 Å². The summed E-state index contributed by atoms with van der Waals surface area (Å²) in [6, 6.07) is 13.0. The first kappa shape index (κ1) is 19.5. The van der Waals surface area contributed by atoms with Gasteiger partial charge in [-0.05, 0) is 17.7 Å². The molecular formula is C18H21FIN3O2. The summed E-state index contributed by atoms with van der Waals surface area (Å²) in [7, 11) is 1.70. The number of ether oxygens (including phenoxy) is 2. The maximum absolute atomic E-state index is 13.7. The van der Waals surface area contributed by atoms with Crippen molar-refractivity contribution in [1.82, 2.24) is 10.6 Å². The second kappa shape index (κ2) is 9.57. The van der Waals surface area contributed by atoms with E-state index in [9.17, 15) is 4.39 Å². The van der Waals surface area contributed by atoms with Crippen LogP contribution >= 0.6 is 24.0 Å². The van der Waals surface area contributed by atoms with E-state index in [2.05, 4.69) is 15.6 Å². The Kier molecular flexibility index (Phi) is 7.45. The fraction of sp³-hybridized carbons (Fsp3) is 0.278. The molecule has 2 N–H and O–H groups in total. The van der Waals surface area contributed by atoms with Gasteiger partial charge in [0.15, 0.2) is 12.8 Å². The van der Waals surface area contributed by atoms with Gasteiger partial charge in [-0.3, -0.25) is 4.99 Å². The lowest BCUT2D eigenvalue weighted by Gasteiger charge is -2.21. The van der Waals surface area contributed by atoms with Crippen LogP contribution in [-0.2, 0) is 24.4 Å². The monoisotopic (exact) mass is 457 g/mol. The first-order valence-electron chi connectivity index (χ1n) is 7.76. The van der Waals surface area contributed by atoms with Crippen molar-refractivity contribution in [3.05, 3.63) is 65.0 Å². The number of nitrogens with zero attached hydrogens (tertiary/aromatic N) is 1. The smallest absolute Gasteiger partial charge is 0.191 e. The van der Waals surface area contributed by atoms with Crippen LogP contribution in [0.15, 0.2) is 47.5 Å². The quantitative estimate of drug-likeness (QED) is 0.421. The molecule has 0 bridgehead atoms. The average Bonchev–Trinajstić information content (AvgIpc) is 2.62. The summed E-state index contributed by atoms with van der Waals surface area (Å²) in [4.78, 5) is 4.19. The molecule has 1 aliphatic heterocycles. The van der Waals surface area contributed by atoms with Crippen LogP contribution in [0.5, 0.6) is 5.75 Å². The van der Waals surface area contributed by atoms with Crippen molar-refractivity contribution < 1.29 is 13.9 Å². The fourth-order valence-corrected chi connectivity index (χ4v) is 2.57. The Bertz CT molecular complexity index is 726. The fourth-order valence-electron chi connectivity index (χ4n) is 2.57. The predicted octanol–water partition coefficient (Wildman–Crippen LogP) is 3.18. The lowest BCUT2D eigenvalue weighted by molar-refractivity contribution is -0.0172. The van der Waals surface area contributed by atoms with Gasteiger partial charge in [-0.2, -0.15) is 0 Å². The Hall–Kier alpha value is -1.87. The van der Waals surface area contributed by atoms with Gasteiger partial charge >= 0.3 is 0 Å². The summed E-state index contributed by atoms with van der Waals surface area (Å²) < 4.78 is 24.5. The highest BCUT2D eigenvalue weighted by Crippen LogP contribution is 2.29. The first-order valence-corrected chi connectivity index (χ1v) is 7.76. The van der Waals surface area contributed by atoms with E-state index >= 15 is 0 Å². The third-order valence-corrected chi connectivity index (χ3v) is 3.72. The highest BCUT2D eigenvalue weighted by Gasteiger charge is 2.17. The van der Waals surface area contributed by atoms with E-state index < -0.39 is 0 Å². The van der Waals surface area contributed by atoms with Crippen molar-refractivity contribution in [2.24, 2.45) is 4.99 Å². The van der Waals surface area contributed by atoms with Crippen molar-refractivity contribution in [1.29, 1.82) is 0 Å². The average molecular weight is 457 g/mol. The number of nitrogens with one attached hydrogen (secondary N) is 2. The number of rotatable bonds is 4. The van der Waals surface area contributed by atoms with Gasteiger partial charge in [0.05, 0.1) is 6.61 Å². The molecule has 0 saturated carbocycles. The number of guanidine groups is 1. The van der Waals surface area contributed by atoms with Gasteiger partial charge in [0.1, 0.15) is 11.6 Å². The third kappa shape index (κ3) is 5.30. The molecule has 0 fully saturated rings. The second-order valence-corrected chi connectivity index (χ2v) is 5.43. The highest BCUT2D eigenvalue weighted by atomic mass is 127. The largest absolute Gasteiger partial charge is 0.467 e. The van der Waals surface area contributed by atoms with Crippen molar-refractivity contribution in [2.75, 3.05) is 13.8 Å². The molecule has 2 aromatic carbocycles. The molecule has 0 aromatic heterocycles. The molecule has 0 spiro atoms. The summed E-state index contributed by atoms with van der Waals surface area (Å²) >= 11 is 0. The summed E-state index contributed by atoms with van der Waals surface area (Å²) in [6.45, 7) is 1.62. The molecule has 0 radical (unpaired) electrons. The van der Waals surface area contributed by atoms with Gasteiger partial charge in [0, 0.05) is 31.3 Å². The van der Waals surface area contributed by atoms with Crippen molar-refractivity contribution >= 4 is 29.9 Å². The van der Waals surface area contributed by atoms with Crippen molar-refractivity contribution in [3.8, 4) is 5.75 Å². The lowest BCUT2D eigenvalue weighted by atomic mass is 10.1. The van der Waals surface area contributed by atoms with E-state index in [4.69, 9.17) is 9.47 Å². The number of hydrogen-bond donors (Lipinski definition) is 2. The number of fused-ring (bicyclic) bond motifs is 1. The standard InChI is InChI=1S/C18H20FN3O2.HI/c1-20-18(21-9-13-5-3-2-4-6-13)22-10-14-7-16(19)8-15-11-23-12-24-17(14)15;/h2-8H,9-12H2,1H3,(H2,20,21,22);1H. The van der Waals surface area contributed by atoms with E-state index in [1.807, 2.05) is 30.3 Å². The number of hydrogen-bond acceptors (Lipinski definition) is 3. The lowest BCUT2D eigenvalue weighted by Crippen LogP contribution is -2.36. The van der Waals surface area contributed by atoms with Crippen LogP contribution in [0.3, 0.4) is 0 Å². The van der Waals surface area contributed by atoms with Gasteiger partial charge in [-0.15, -0.1) is 24.0 Å². The number of aliphatic imine (C=N–C) groups is 1. The molecule has 3 rings (SSSR count). The molecule has 0 unspecified atom stereocenters. The Morgan fingerprint density at radius 3 is 2.68 bits per heavy atom. The van der Waals surface area contributed by atoms with Crippen molar-refractivity contribution in [3.63, 3.8) is 0 Å². The molecule has 5 nitrogen and oxygen atoms in total. The molecule has 0 amide bonds. The van der Waals surface area contributed by atoms with Crippen LogP contribution < -0.4 is 15.4 Å². The van der Waals surface area contributed by atoms with Gasteiger partial charge < -0.3 is 20.1 Å². The van der Waals surface area contributed by atoms with Gasteiger partial charge in [-0.25, -0.2) is 4.39 Å². The second-order valence-electron chi connectivity index (χ2n) is 5.43. The normalized spacial score (nSPS) is 13.3. The van der Waals surface area contributed by atoms with E-state index in [0.29, 0.717) is 31.4 Å². The zero-order chi connectivity index (χ0) is 16.8. The molecule has 0 aliphatic carbocycles. The summed E-state index contributed by atoms with van der Waals surface area (Å²) in [5.74, 6) is 1.03. The van der Waals surface area contributed by atoms with Crippen LogP contribution in [0.1, 0.15) is 16.7 Å². The Morgan fingerprint density at radius 2 is 1.92 bits per heavy atom. The summed E-state index contributed by atoms with van der Waals surface area (Å²) in [5, 5.41) is 6.41. The maximum atomic E-state index is 13.7. The predicted molar refractivity (Wildman–Crippen MR) is 106 cm³/mol. The minimum atomic E-state index is -0.299. The van der Waals surface area contributed by atoms with Crippen LogP contribution in [0.4, 0.5) is 4.39 Å². The molecule has 1 heterocycles. The Balaban J connectivity index is 0.00000225. The molecule has 25 heavy (non-hydrogen) atoms. The van der Waals surface area contributed by atoms with E-state index in [1.165, 1.54) is 12.1 Å². The van der Waals surface area contributed by atoms with E-state index in [1.54, 1.807) is 7.05 Å². The molecule has 2 aromatic rings. The van der Waals surface area contributed by atoms with E-state index in [0.717, 1.165) is 16.7 Å². The number of benzene rings is 2. The minimum absolute atomic E-state index is 0. The molecular weight excluding hydrogens is 436 g/mol.